The molecular formula is C15H28N2O2. The second-order valence-corrected chi connectivity index (χ2v) is 6.07. The lowest BCUT2D eigenvalue weighted by Gasteiger charge is -2.23. The first kappa shape index (κ1) is 14.8. The molecule has 0 bridgehead atoms. The van der Waals surface area contributed by atoms with Crippen molar-refractivity contribution in [2.45, 2.75) is 64.0 Å². The van der Waals surface area contributed by atoms with Crippen molar-refractivity contribution < 1.29 is 9.53 Å². The van der Waals surface area contributed by atoms with Crippen molar-refractivity contribution in [3.8, 4) is 0 Å². The molecule has 0 aliphatic carbocycles. The Labute approximate surface area is 116 Å². The summed E-state index contributed by atoms with van der Waals surface area (Å²) in [6.45, 7) is 5.20. The summed E-state index contributed by atoms with van der Waals surface area (Å²) >= 11 is 0. The highest BCUT2D eigenvalue weighted by Gasteiger charge is 2.20. The predicted octanol–water partition coefficient (Wildman–Crippen LogP) is 1.84. The number of ether oxygens (including phenoxy) is 1. The Bertz CT molecular complexity index is 271. The minimum absolute atomic E-state index is 0.212. The third kappa shape index (κ3) is 5.49. The van der Waals surface area contributed by atoms with Gasteiger partial charge in [-0.3, -0.25) is 4.79 Å². The number of rotatable bonds is 6. The molecule has 0 aromatic heterocycles. The summed E-state index contributed by atoms with van der Waals surface area (Å²) in [4.78, 5) is 11.9. The molecule has 2 aliphatic heterocycles. The summed E-state index contributed by atoms with van der Waals surface area (Å²) in [7, 11) is 0. The van der Waals surface area contributed by atoms with Crippen LogP contribution in [0.2, 0.25) is 0 Å². The lowest BCUT2D eigenvalue weighted by atomic mass is 9.93. The van der Waals surface area contributed by atoms with Crippen molar-refractivity contribution in [3.05, 3.63) is 0 Å². The summed E-state index contributed by atoms with van der Waals surface area (Å²) in [5.41, 5.74) is 0. The number of hydrogen-bond acceptors (Lipinski definition) is 3. The monoisotopic (exact) mass is 268 g/mol. The van der Waals surface area contributed by atoms with Gasteiger partial charge >= 0.3 is 0 Å². The molecule has 2 unspecified atom stereocenters. The van der Waals surface area contributed by atoms with E-state index < -0.39 is 0 Å². The fourth-order valence-electron chi connectivity index (χ4n) is 3.14. The molecule has 4 heteroatoms. The lowest BCUT2D eigenvalue weighted by molar-refractivity contribution is -0.122. The van der Waals surface area contributed by atoms with Crippen LogP contribution in [0.1, 0.15) is 51.9 Å². The molecule has 2 fully saturated rings. The average Bonchev–Trinajstić information content (AvgIpc) is 2.90. The van der Waals surface area contributed by atoms with Crippen LogP contribution >= 0.6 is 0 Å². The summed E-state index contributed by atoms with van der Waals surface area (Å²) in [5.74, 6) is 0.949. The van der Waals surface area contributed by atoms with Gasteiger partial charge in [0.2, 0.25) is 5.91 Å². The summed E-state index contributed by atoms with van der Waals surface area (Å²) in [6, 6.07) is 0.239. The highest BCUT2D eigenvalue weighted by molar-refractivity contribution is 5.76. The number of piperidine rings is 1. The maximum atomic E-state index is 11.9. The van der Waals surface area contributed by atoms with Crippen molar-refractivity contribution in [1.82, 2.24) is 10.6 Å². The van der Waals surface area contributed by atoms with Gasteiger partial charge in [-0.15, -0.1) is 0 Å². The lowest BCUT2D eigenvalue weighted by Crippen LogP contribution is -2.35. The van der Waals surface area contributed by atoms with Crippen LogP contribution in [0.3, 0.4) is 0 Å². The first-order valence-electron chi connectivity index (χ1n) is 7.85. The third-order valence-electron chi connectivity index (χ3n) is 4.29. The summed E-state index contributed by atoms with van der Waals surface area (Å²) in [6.07, 6.45) is 7.80. The second kappa shape index (κ2) is 7.85. The van der Waals surface area contributed by atoms with E-state index >= 15 is 0 Å². The van der Waals surface area contributed by atoms with Gasteiger partial charge in [0.25, 0.3) is 0 Å². The molecule has 1 amide bonds. The number of carbonyl (C=O) groups is 1. The van der Waals surface area contributed by atoms with E-state index in [-0.39, 0.29) is 11.9 Å². The molecular weight excluding hydrogens is 240 g/mol. The minimum Gasteiger partial charge on any atom is -0.378 e. The fourth-order valence-corrected chi connectivity index (χ4v) is 3.14. The van der Waals surface area contributed by atoms with Crippen LogP contribution in [-0.2, 0) is 9.53 Å². The summed E-state index contributed by atoms with van der Waals surface area (Å²) in [5, 5.41) is 6.47. The van der Waals surface area contributed by atoms with Crippen molar-refractivity contribution in [1.29, 1.82) is 0 Å². The molecule has 2 aliphatic rings. The SMILES string of the molecule is CC(CC1CCCO1)NC(=O)CCC1CCNCC1. The molecule has 0 saturated carbocycles. The zero-order valence-electron chi connectivity index (χ0n) is 12.1. The van der Waals surface area contributed by atoms with E-state index in [1.54, 1.807) is 0 Å². The van der Waals surface area contributed by atoms with Crippen LogP contribution in [0.4, 0.5) is 0 Å². The Balaban J connectivity index is 1.57. The van der Waals surface area contributed by atoms with Gasteiger partial charge < -0.3 is 15.4 Å². The Morgan fingerprint density at radius 3 is 2.84 bits per heavy atom. The van der Waals surface area contributed by atoms with E-state index in [9.17, 15) is 4.79 Å². The topological polar surface area (TPSA) is 50.4 Å². The van der Waals surface area contributed by atoms with Crippen LogP contribution in [0.15, 0.2) is 0 Å². The molecule has 2 atom stereocenters. The molecule has 0 aromatic rings. The molecule has 2 N–H and O–H groups in total. The smallest absolute Gasteiger partial charge is 0.220 e. The molecule has 0 radical (unpaired) electrons. The van der Waals surface area contributed by atoms with E-state index in [4.69, 9.17) is 4.74 Å². The largest absolute Gasteiger partial charge is 0.378 e. The van der Waals surface area contributed by atoms with E-state index in [1.165, 1.54) is 19.3 Å². The van der Waals surface area contributed by atoms with Gasteiger partial charge in [-0.1, -0.05) is 0 Å². The Morgan fingerprint density at radius 1 is 1.37 bits per heavy atom. The van der Waals surface area contributed by atoms with Crippen LogP contribution in [0, 0.1) is 5.92 Å². The van der Waals surface area contributed by atoms with E-state index in [2.05, 4.69) is 17.6 Å². The zero-order chi connectivity index (χ0) is 13.5. The highest BCUT2D eigenvalue weighted by Crippen LogP contribution is 2.19. The number of hydrogen-bond donors (Lipinski definition) is 2. The molecule has 0 spiro atoms. The number of nitrogens with one attached hydrogen (secondary N) is 2. The Hall–Kier alpha value is -0.610. The van der Waals surface area contributed by atoms with Crippen molar-refractivity contribution in [2.75, 3.05) is 19.7 Å². The first-order valence-corrected chi connectivity index (χ1v) is 7.85. The van der Waals surface area contributed by atoms with E-state index in [0.29, 0.717) is 12.5 Å². The molecule has 110 valence electrons. The number of carbonyl (C=O) groups excluding carboxylic acids is 1. The standard InChI is InChI=1S/C15H28N2O2/c1-12(11-14-3-2-10-19-14)17-15(18)5-4-13-6-8-16-9-7-13/h12-14,16H,2-11H2,1H3,(H,17,18). The van der Waals surface area contributed by atoms with Gasteiger partial charge in [0.15, 0.2) is 0 Å². The van der Waals surface area contributed by atoms with Gasteiger partial charge in [-0.25, -0.2) is 0 Å². The minimum atomic E-state index is 0.212. The van der Waals surface area contributed by atoms with Crippen LogP contribution in [0.5, 0.6) is 0 Å². The average molecular weight is 268 g/mol. The Kier molecular flexibility index (Phi) is 6.11. The maximum Gasteiger partial charge on any atom is 0.220 e. The quantitative estimate of drug-likeness (QED) is 0.773. The number of amides is 1. The third-order valence-corrected chi connectivity index (χ3v) is 4.29. The fraction of sp³-hybridized carbons (Fsp3) is 0.933. The molecule has 0 aromatic carbocycles. The van der Waals surface area contributed by atoms with Gasteiger partial charge in [0, 0.05) is 19.1 Å². The molecule has 4 nitrogen and oxygen atoms in total. The molecule has 2 rings (SSSR count). The van der Waals surface area contributed by atoms with Crippen molar-refractivity contribution in [2.24, 2.45) is 5.92 Å². The van der Waals surface area contributed by atoms with Gasteiger partial charge in [-0.2, -0.15) is 0 Å². The normalized spacial score (nSPS) is 26.3. The predicted molar refractivity (Wildman–Crippen MR) is 76.0 cm³/mol. The molecule has 19 heavy (non-hydrogen) atoms. The highest BCUT2D eigenvalue weighted by atomic mass is 16.5. The van der Waals surface area contributed by atoms with Crippen molar-refractivity contribution in [3.63, 3.8) is 0 Å². The molecule has 2 saturated heterocycles. The van der Waals surface area contributed by atoms with Gasteiger partial charge in [-0.05, 0) is 64.5 Å². The Morgan fingerprint density at radius 2 is 2.16 bits per heavy atom. The van der Waals surface area contributed by atoms with Crippen molar-refractivity contribution >= 4 is 5.91 Å². The summed E-state index contributed by atoms with van der Waals surface area (Å²) < 4.78 is 5.60. The van der Waals surface area contributed by atoms with Gasteiger partial charge in [0.1, 0.15) is 0 Å². The van der Waals surface area contributed by atoms with Gasteiger partial charge in [0.05, 0.1) is 6.10 Å². The first-order chi connectivity index (χ1) is 9.24. The van der Waals surface area contributed by atoms with Crippen LogP contribution in [-0.4, -0.2) is 37.7 Å². The zero-order valence-corrected chi connectivity index (χ0v) is 12.1. The molecule has 2 heterocycles. The maximum absolute atomic E-state index is 11.9. The van der Waals surface area contributed by atoms with Crippen LogP contribution < -0.4 is 10.6 Å². The van der Waals surface area contributed by atoms with E-state index in [0.717, 1.165) is 44.9 Å². The van der Waals surface area contributed by atoms with Crippen LogP contribution in [0.25, 0.3) is 0 Å². The second-order valence-electron chi connectivity index (χ2n) is 6.07. The van der Waals surface area contributed by atoms with E-state index in [1.807, 2.05) is 0 Å².